The van der Waals surface area contributed by atoms with E-state index in [-0.39, 0.29) is 0 Å². The third kappa shape index (κ3) is 2.43. The minimum atomic E-state index is 0.476. The predicted molar refractivity (Wildman–Crippen MR) is 67.6 cm³/mol. The van der Waals surface area contributed by atoms with Gasteiger partial charge in [-0.15, -0.1) is 11.3 Å². The fourth-order valence-electron chi connectivity index (χ4n) is 2.65. The predicted octanol–water partition coefficient (Wildman–Crippen LogP) is 3.56. The molecule has 0 amide bonds. The third-order valence-corrected chi connectivity index (χ3v) is 4.61. The maximum atomic E-state index is 3.61. The lowest BCUT2D eigenvalue weighted by Crippen LogP contribution is -2.35. The van der Waals surface area contributed by atoms with Crippen LogP contribution in [0.15, 0.2) is 17.5 Å². The minimum absolute atomic E-state index is 0.476. The van der Waals surface area contributed by atoms with E-state index in [2.05, 4.69) is 29.8 Å². The van der Waals surface area contributed by atoms with Gasteiger partial charge in [0.1, 0.15) is 0 Å². The standard InChI is InChI=1S/C13H21NS/c1-2-9-14-11-13(7-3-4-8-13)12-6-5-10-15-12/h5-6,10,14H,2-4,7-9,11H2,1H3. The fourth-order valence-corrected chi connectivity index (χ4v) is 3.63. The molecule has 0 radical (unpaired) electrons. The van der Waals surface area contributed by atoms with Crippen LogP contribution in [0.3, 0.4) is 0 Å². The summed E-state index contributed by atoms with van der Waals surface area (Å²) in [4.78, 5) is 1.60. The summed E-state index contributed by atoms with van der Waals surface area (Å²) in [7, 11) is 0. The molecule has 1 fully saturated rings. The van der Waals surface area contributed by atoms with Gasteiger partial charge in [-0.05, 0) is 37.3 Å². The molecule has 0 atom stereocenters. The van der Waals surface area contributed by atoms with Gasteiger partial charge in [-0.25, -0.2) is 0 Å². The monoisotopic (exact) mass is 223 g/mol. The molecule has 1 N–H and O–H groups in total. The van der Waals surface area contributed by atoms with Gasteiger partial charge >= 0.3 is 0 Å². The average Bonchev–Trinajstić information content (AvgIpc) is 2.89. The van der Waals surface area contributed by atoms with Crippen molar-refractivity contribution in [2.75, 3.05) is 13.1 Å². The highest BCUT2D eigenvalue weighted by Gasteiger charge is 2.35. The molecule has 0 aromatic carbocycles. The van der Waals surface area contributed by atoms with Crippen LogP contribution < -0.4 is 5.32 Å². The minimum Gasteiger partial charge on any atom is -0.316 e. The Bertz CT molecular complexity index is 273. The highest BCUT2D eigenvalue weighted by atomic mass is 32.1. The first-order chi connectivity index (χ1) is 7.37. The topological polar surface area (TPSA) is 12.0 Å². The third-order valence-electron chi connectivity index (χ3n) is 3.49. The van der Waals surface area contributed by atoms with Gasteiger partial charge in [-0.3, -0.25) is 0 Å². The summed E-state index contributed by atoms with van der Waals surface area (Å²) in [5.41, 5.74) is 0.476. The first kappa shape index (κ1) is 11.2. The molecular weight excluding hydrogens is 202 g/mol. The molecule has 0 aliphatic heterocycles. The van der Waals surface area contributed by atoms with Gasteiger partial charge in [0.05, 0.1) is 0 Å². The molecule has 84 valence electrons. The van der Waals surface area contributed by atoms with E-state index in [9.17, 15) is 0 Å². The van der Waals surface area contributed by atoms with Gasteiger partial charge in [0.15, 0.2) is 0 Å². The van der Waals surface area contributed by atoms with Crippen LogP contribution in [0, 0.1) is 0 Å². The summed E-state index contributed by atoms with van der Waals surface area (Å²) in [6, 6.07) is 4.52. The number of thiophene rings is 1. The Hall–Kier alpha value is -0.340. The lowest BCUT2D eigenvalue weighted by Gasteiger charge is -2.28. The van der Waals surface area contributed by atoms with E-state index in [0.717, 1.165) is 6.54 Å². The first-order valence-electron chi connectivity index (χ1n) is 6.12. The van der Waals surface area contributed by atoms with Crippen molar-refractivity contribution in [3.63, 3.8) is 0 Å². The Kier molecular flexibility index (Phi) is 3.81. The van der Waals surface area contributed by atoms with Crippen LogP contribution in [0.25, 0.3) is 0 Å². The van der Waals surface area contributed by atoms with E-state index >= 15 is 0 Å². The van der Waals surface area contributed by atoms with Crippen molar-refractivity contribution in [1.29, 1.82) is 0 Å². The highest BCUT2D eigenvalue weighted by molar-refractivity contribution is 7.10. The quantitative estimate of drug-likeness (QED) is 0.753. The van der Waals surface area contributed by atoms with E-state index in [1.807, 2.05) is 11.3 Å². The van der Waals surface area contributed by atoms with Crippen molar-refractivity contribution >= 4 is 11.3 Å². The molecular formula is C13H21NS. The van der Waals surface area contributed by atoms with Gasteiger partial charge in [-0.2, -0.15) is 0 Å². The Labute approximate surface area is 96.9 Å². The van der Waals surface area contributed by atoms with Crippen molar-refractivity contribution in [3.8, 4) is 0 Å². The smallest absolute Gasteiger partial charge is 0.0172 e. The van der Waals surface area contributed by atoms with E-state index in [0.29, 0.717) is 5.41 Å². The fraction of sp³-hybridized carbons (Fsp3) is 0.692. The average molecular weight is 223 g/mol. The van der Waals surface area contributed by atoms with Crippen LogP contribution in [0.2, 0.25) is 0 Å². The Balaban J connectivity index is 2.04. The molecule has 0 spiro atoms. The summed E-state index contributed by atoms with van der Waals surface area (Å²) < 4.78 is 0. The summed E-state index contributed by atoms with van der Waals surface area (Å²) in [6.07, 6.45) is 6.81. The molecule has 1 aromatic heterocycles. The zero-order chi connectivity index (χ0) is 10.6. The molecule has 1 saturated carbocycles. The van der Waals surface area contributed by atoms with E-state index in [1.54, 1.807) is 4.88 Å². The molecule has 1 aliphatic rings. The van der Waals surface area contributed by atoms with Gasteiger partial charge in [0.25, 0.3) is 0 Å². The second kappa shape index (κ2) is 5.13. The van der Waals surface area contributed by atoms with Crippen LogP contribution in [-0.4, -0.2) is 13.1 Å². The number of rotatable bonds is 5. The van der Waals surface area contributed by atoms with Crippen molar-refractivity contribution < 1.29 is 0 Å². The lowest BCUT2D eigenvalue weighted by atomic mass is 9.84. The van der Waals surface area contributed by atoms with Crippen LogP contribution in [-0.2, 0) is 5.41 Å². The largest absolute Gasteiger partial charge is 0.316 e. The molecule has 1 aromatic rings. The normalized spacial score (nSPS) is 19.5. The zero-order valence-electron chi connectivity index (χ0n) is 9.59. The molecule has 1 aliphatic carbocycles. The van der Waals surface area contributed by atoms with Crippen molar-refractivity contribution in [2.45, 2.75) is 44.4 Å². The van der Waals surface area contributed by atoms with Crippen LogP contribution in [0.4, 0.5) is 0 Å². The molecule has 1 nitrogen and oxygen atoms in total. The first-order valence-corrected chi connectivity index (χ1v) is 7.00. The molecule has 2 rings (SSSR count). The Morgan fingerprint density at radius 1 is 1.40 bits per heavy atom. The number of hydrogen-bond donors (Lipinski definition) is 1. The maximum absolute atomic E-state index is 3.61. The van der Waals surface area contributed by atoms with Crippen molar-refractivity contribution in [3.05, 3.63) is 22.4 Å². The van der Waals surface area contributed by atoms with Crippen LogP contribution >= 0.6 is 11.3 Å². The van der Waals surface area contributed by atoms with E-state index in [4.69, 9.17) is 0 Å². The molecule has 2 heteroatoms. The lowest BCUT2D eigenvalue weighted by molar-refractivity contribution is 0.413. The summed E-state index contributed by atoms with van der Waals surface area (Å²) >= 11 is 1.94. The molecule has 1 heterocycles. The van der Waals surface area contributed by atoms with Crippen LogP contribution in [0.1, 0.15) is 43.9 Å². The van der Waals surface area contributed by atoms with Gasteiger partial charge < -0.3 is 5.32 Å². The number of hydrogen-bond acceptors (Lipinski definition) is 2. The molecule has 15 heavy (non-hydrogen) atoms. The molecule has 0 saturated heterocycles. The molecule has 0 bridgehead atoms. The van der Waals surface area contributed by atoms with E-state index in [1.165, 1.54) is 38.6 Å². The van der Waals surface area contributed by atoms with Gasteiger partial charge in [0.2, 0.25) is 0 Å². The Morgan fingerprint density at radius 3 is 2.80 bits per heavy atom. The summed E-state index contributed by atoms with van der Waals surface area (Å²) in [5.74, 6) is 0. The number of nitrogens with one attached hydrogen (secondary N) is 1. The molecule has 0 unspecified atom stereocenters. The van der Waals surface area contributed by atoms with Crippen LogP contribution in [0.5, 0.6) is 0 Å². The highest BCUT2D eigenvalue weighted by Crippen LogP contribution is 2.42. The second-order valence-corrected chi connectivity index (χ2v) is 5.59. The Morgan fingerprint density at radius 2 is 2.20 bits per heavy atom. The second-order valence-electron chi connectivity index (χ2n) is 4.64. The summed E-state index contributed by atoms with van der Waals surface area (Å²) in [5, 5.41) is 5.83. The van der Waals surface area contributed by atoms with Crippen molar-refractivity contribution in [2.24, 2.45) is 0 Å². The van der Waals surface area contributed by atoms with Gasteiger partial charge in [0, 0.05) is 16.8 Å². The maximum Gasteiger partial charge on any atom is 0.0172 e. The van der Waals surface area contributed by atoms with E-state index < -0.39 is 0 Å². The zero-order valence-corrected chi connectivity index (χ0v) is 10.4. The van der Waals surface area contributed by atoms with Gasteiger partial charge in [-0.1, -0.05) is 25.8 Å². The summed E-state index contributed by atoms with van der Waals surface area (Å²) in [6.45, 7) is 4.58. The van der Waals surface area contributed by atoms with Crippen molar-refractivity contribution in [1.82, 2.24) is 5.32 Å². The SMILES string of the molecule is CCCNCC1(c2cccs2)CCCC1.